The van der Waals surface area contributed by atoms with Gasteiger partial charge in [0.2, 0.25) is 0 Å². The lowest BCUT2D eigenvalue weighted by Gasteiger charge is -2.05. The predicted molar refractivity (Wildman–Crippen MR) is 39.6 cm³/mol. The molecule has 11 heavy (non-hydrogen) atoms. The number of hydrogen-bond acceptors (Lipinski definition) is 3. The number of carboxylic acid groups (broad SMARTS) is 1. The third kappa shape index (κ3) is 9.23. The van der Waals surface area contributed by atoms with Gasteiger partial charge in [-0.2, -0.15) is 0 Å². The molecule has 0 aromatic carbocycles. The molecule has 0 saturated heterocycles. The second kappa shape index (κ2) is 5.97. The van der Waals surface area contributed by atoms with Gasteiger partial charge in [-0.05, 0) is 5.92 Å². The van der Waals surface area contributed by atoms with E-state index in [2.05, 4.69) is 4.74 Å². The Kier molecular flexibility index (Phi) is 5.56. The Morgan fingerprint density at radius 1 is 1.45 bits per heavy atom. The maximum atomic E-state index is 9.82. The van der Waals surface area contributed by atoms with Crippen LogP contribution in [0.5, 0.6) is 0 Å². The van der Waals surface area contributed by atoms with Crippen molar-refractivity contribution in [1.82, 2.24) is 0 Å². The molecule has 66 valence electrons. The molecule has 0 aromatic heterocycles. The molecule has 1 N–H and O–H groups in total. The summed E-state index contributed by atoms with van der Waals surface area (Å²) in [6, 6.07) is 0. The topological polar surface area (TPSA) is 55.8 Å². The molecule has 0 aliphatic heterocycles. The highest BCUT2D eigenvalue weighted by atomic mass is 16.7. The van der Waals surface area contributed by atoms with E-state index in [9.17, 15) is 4.79 Å². The summed E-state index contributed by atoms with van der Waals surface area (Å²) in [5.74, 6) is 0.472. The fraction of sp³-hybridized carbons (Fsp3) is 0.857. The molecule has 0 saturated carbocycles. The molecule has 0 atom stereocenters. The van der Waals surface area contributed by atoms with Gasteiger partial charge in [0.25, 0.3) is 0 Å². The van der Waals surface area contributed by atoms with Gasteiger partial charge in [-0.25, -0.2) is 4.79 Å². The van der Waals surface area contributed by atoms with E-state index in [0.717, 1.165) is 0 Å². The SMILES string of the molecule is CC(C)COCCOC(=O)O. The minimum Gasteiger partial charge on any atom is -0.450 e. The van der Waals surface area contributed by atoms with Crippen molar-refractivity contribution in [2.24, 2.45) is 5.92 Å². The van der Waals surface area contributed by atoms with Crippen molar-refractivity contribution in [1.29, 1.82) is 0 Å². The van der Waals surface area contributed by atoms with Gasteiger partial charge in [0, 0.05) is 6.61 Å². The van der Waals surface area contributed by atoms with Crippen LogP contribution in [0.15, 0.2) is 0 Å². The monoisotopic (exact) mass is 162 g/mol. The second-order valence-electron chi connectivity index (χ2n) is 2.58. The normalized spacial score (nSPS) is 10.1. The summed E-state index contributed by atoms with van der Waals surface area (Å²) in [4.78, 5) is 9.82. The van der Waals surface area contributed by atoms with E-state index in [1.807, 2.05) is 13.8 Å². The van der Waals surface area contributed by atoms with Gasteiger partial charge in [-0.3, -0.25) is 0 Å². The zero-order chi connectivity index (χ0) is 8.69. The Balaban J connectivity index is 2.97. The van der Waals surface area contributed by atoms with Gasteiger partial charge < -0.3 is 14.6 Å². The fourth-order valence-electron chi connectivity index (χ4n) is 0.507. The average Bonchev–Trinajstić information content (AvgIpc) is 1.85. The third-order valence-corrected chi connectivity index (χ3v) is 0.904. The Morgan fingerprint density at radius 2 is 2.09 bits per heavy atom. The van der Waals surface area contributed by atoms with Crippen molar-refractivity contribution in [2.45, 2.75) is 13.8 Å². The molecular formula is C7H14O4. The van der Waals surface area contributed by atoms with Crippen molar-refractivity contribution < 1.29 is 19.4 Å². The first-order valence-corrected chi connectivity index (χ1v) is 3.56. The third-order valence-electron chi connectivity index (χ3n) is 0.904. The quantitative estimate of drug-likeness (QED) is 0.489. The van der Waals surface area contributed by atoms with Crippen LogP contribution in [0.25, 0.3) is 0 Å². The predicted octanol–water partition coefficient (Wildman–Crippen LogP) is 1.35. The minimum absolute atomic E-state index is 0.113. The fourth-order valence-corrected chi connectivity index (χ4v) is 0.507. The second-order valence-corrected chi connectivity index (χ2v) is 2.58. The van der Waals surface area contributed by atoms with E-state index in [0.29, 0.717) is 19.1 Å². The van der Waals surface area contributed by atoms with Crippen molar-refractivity contribution >= 4 is 6.16 Å². The number of carbonyl (C=O) groups is 1. The molecule has 0 rings (SSSR count). The van der Waals surface area contributed by atoms with Gasteiger partial charge in [-0.1, -0.05) is 13.8 Å². The van der Waals surface area contributed by atoms with Gasteiger partial charge >= 0.3 is 6.16 Å². The molecule has 0 bridgehead atoms. The first kappa shape index (κ1) is 10.2. The zero-order valence-electron chi connectivity index (χ0n) is 6.87. The molecule has 4 heteroatoms. The van der Waals surface area contributed by atoms with Crippen LogP contribution in [0, 0.1) is 5.92 Å². The van der Waals surface area contributed by atoms with Gasteiger partial charge in [-0.15, -0.1) is 0 Å². The van der Waals surface area contributed by atoms with Gasteiger partial charge in [0.1, 0.15) is 6.61 Å². The summed E-state index contributed by atoms with van der Waals surface area (Å²) in [6.45, 7) is 5.14. The van der Waals surface area contributed by atoms with Crippen LogP contribution in [0.4, 0.5) is 4.79 Å². The minimum atomic E-state index is -1.25. The van der Waals surface area contributed by atoms with E-state index < -0.39 is 6.16 Å². The van der Waals surface area contributed by atoms with Crippen LogP contribution in [0.1, 0.15) is 13.8 Å². The summed E-state index contributed by atoms with van der Waals surface area (Å²) < 4.78 is 9.27. The highest BCUT2D eigenvalue weighted by Crippen LogP contribution is 1.91. The van der Waals surface area contributed by atoms with Gasteiger partial charge in [0.05, 0.1) is 6.61 Å². The van der Waals surface area contributed by atoms with Crippen molar-refractivity contribution in [3.63, 3.8) is 0 Å². The Labute approximate surface area is 66.1 Å². The summed E-state index contributed by atoms with van der Waals surface area (Å²) >= 11 is 0. The van der Waals surface area contributed by atoms with E-state index in [4.69, 9.17) is 9.84 Å². The smallest absolute Gasteiger partial charge is 0.450 e. The average molecular weight is 162 g/mol. The Morgan fingerprint density at radius 3 is 2.55 bits per heavy atom. The molecule has 0 unspecified atom stereocenters. The van der Waals surface area contributed by atoms with Crippen molar-refractivity contribution in [3.8, 4) is 0 Å². The van der Waals surface area contributed by atoms with Crippen molar-refractivity contribution in [2.75, 3.05) is 19.8 Å². The number of rotatable bonds is 5. The molecular weight excluding hydrogens is 148 g/mol. The molecule has 0 aliphatic carbocycles. The largest absolute Gasteiger partial charge is 0.505 e. The maximum Gasteiger partial charge on any atom is 0.505 e. The van der Waals surface area contributed by atoms with E-state index >= 15 is 0 Å². The molecule has 0 amide bonds. The summed E-state index contributed by atoms with van der Waals surface area (Å²) in [6.07, 6.45) is -1.25. The zero-order valence-corrected chi connectivity index (χ0v) is 6.87. The van der Waals surface area contributed by atoms with Crippen LogP contribution in [-0.2, 0) is 9.47 Å². The van der Waals surface area contributed by atoms with Crippen LogP contribution in [0.2, 0.25) is 0 Å². The lowest BCUT2D eigenvalue weighted by molar-refractivity contribution is 0.0402. The van der Waals surface area contributed by atoms with Crippen LogP contribution >= 0.6 is 0 Å². The van der Waals surface area contributed by atoms with Crippen molar-refractivity contribution in [3.05, 3.63) is 0 Å². The van der Waals surface area contributed by atoms with Crippen LogP contribution in [-0.4, -0.2) is 31.1 Å². The molecule has 0 heterocycles. The summed E-state index contributed by atoms with van der Waals surface area (Å²) in [7, 11) is 0. The molecule has 0 fully saturated rings. The van der Waals surface area contributed by atoms with E-state index in [1.165, 1.54) is 0 Å². The van der Waals surface area contributed by atoms with Gasteiger partial charge in [0.15, 0.2) is 0 Å². The first-order chi connectivity index (χ1) is 5.13. The lowest BCUT2D eigenvalue weighted by atomic mass is 10.2. The molecule has 0 aromatic rings. The number of hydrogen-bond donors (Lipinski definition) is 1. The molecule has 0 radical (unpaired) electrons. The Bertz CT molecular complexity index is 111. The lowest BCUT2D eigenvalue weighted by Crippen LogP contribution is -2.10. The highest BCUT2D eigenvalue weighted by Gasteiger charge is 1.96. The summed E-state index contributed by atoms with van der Waals surface area (Å²) in [5.41, 5.74) is 0. The molecule has 4 nitrogen and oxygen atoms in total. The number of ether oxygens (including phenoxy) is 2. The molecule has 0 aliphatic rings. The van der Waals surface area contributed by atoms with Crippen LogP contribution < -0.4 is 0 Å². The highest BCUT2D eigenvalue weighted by molar-refractivity contribution is 5.56. The molecule has 0 spiro atoms. The van der Waals surface area contributed by atoms with E-state index in [-0.39, 0.29) is 6.61 Å². The maximum absolute atomic E-state index is 9.82. The summed E-state index contributed by atoms with van der Waals surface area (Å²) in [5, 5.41) is 8.04. The Hall–Kier alpha value is -0.770. The standard InChI is InChI=1S/C7H14O4/c1-6(2)5-10-3-4-11-7(8)9/h6H,3-5H2,1-2H3,(H,8,9). The van der Waals surface area contributed by atoms with E-state index in [1.54, 1.807) is 0 Å². The first-order valence-electron chi connectivity index (χ1n) is 3.56. The van der Waals surface area contributed by atoms with Crippen LogP contribution in [0.3, 0.4) is 0 Å².